The Bertz CT molecular complexity index is 466. The second-order valence-electron chi connectivity index (χ2n) is 4.01. The minimum Gasteiger partial charge on any atom is -0.467 e. The van der Waals surface area contributed by atoms with E-state index in [-0.39, 0.29) is 12.5 Å². The van der Waals surface area contributed by atoms with Crippen molar-refractivity contribution in [1.82, 2.24) is 4.90 Å². The first kappa shape index (κ1) is 16.0. The third-order valence-electron chi connectivity index (χ3n) is 2.56. The zero-order chi connectivity index (χ0) is 15.0. The molecule has 0 amide bonds. The number of carbonyl (C=O) groups is 2. The number of esters is 2. The van der Waals surface area contributed by atoms with Crippen molar-refractivity contribution in [3.05, 3.63) is 36.3 Å². The molecule has 0 N–H and O–H groups in total. The minimum atomic E-state index is -0.469. The van der Waals surface area contributed by atoms with Crippen molar-refractivity contribution in [2.45, 2.75) is 13.5 Å². The zero-order valence-electron chi connectivity index (χ0n) is 11.8. The zero-order valence-corrected chi connectivity index (χ0v) is 11.8. The van der Waals surface area contributed by atoms with Crippen LogP contribution in [-0.2, 0) is 20.8 Å². The molecule has 0 saturated heterocycles. The van der Waals surface area contributed by atoms with E-state index in [9.17, 15) is 9.59 Å². The molecule has 0 radical (unpaired) electrons. The van der Waals surface area contributed by atoms with Crippen LogP contribution in [0.2, 0.25) is 0 Å². The maximum Gasteiger partial charge on any atom is 0.341 e. The fourth-order valence-corrected chi connectivity index (χ4v) is 1.71. The van der Waals surface area contributed by atoms with E-state index in [1.54, 1.807) is 17.9 Å². The van der Waals surface area contributed by atoms with E-state index in [2.05, 4.69) is 11.3 Å². The van der Waals surface area contributed by atoms with E-state index in [1.807, 2.05) is 0 Å². The van der Waals surface area contributed by atoms with Crippen LogP contribution in [-0.4, -0.2) is 43.6 Å². The van der Waals surface area contributed by atoms with Gasteiger partial charge in [-0.1, -0.05) is 6.08 Å². The lowest BCUT2D eigenvalue weighted by Gasteiger charge is -2.18. The Labute approximate surface area is 117 Å². The van der Waals surface area contributed by atoms with Gasteiger partial charge in [-0.15, -0.1) is 6.58 Å². The van der Waals surface area contributed by atoms with Crippen molar-refractivity contribution in [2.75, 3.05) is 26.8 Å². The van der Waals surface area contributed by atoms with Gasteiger partial charge in [-0.3, -0.25) is 9.69 Å². The summed E-state index contributed by atoms with van der Waals surface area (Å²) in [6, 6.07) is 1.54. The number of ether oxygens (including phenoxy) is 2. The monoisotopic (exact) mass is 281 g/mol. The Morgan fingerprint density at radius 1 is 1.50 bits per heavy atom. The summed E-state index contributed by atoms with van der Waals surface area (Å²) in [4.78, 5) is 24.8. The van der Waals surface area contributed by atoms with Crippen LogP contribution < -0.4 is 0 Å². The molecule has 0 bridgehead atoms. The summed E-state index contributed by atoms with van der Waals surface area (Å²) in [5, 5.41) is 0. The second kappa shape index (κ2) is 8.16. The van der Waals surface area contributed by atoms with Crippen LogP contribution >= 0.6 is 0 Å². The SMILES string of the molecule is C=CCN(CC(=O)OCC)Cc1occc1C(=O)OC. The molecule has 0 unspecified atom stereocenters. The van der Waals surface area contributed by atoms with Crippen LogP contribution in [0.4, 0.5) is 0 Å². The summed E-state index contributed by atoms with van der Waals surface area (Å²) in [7, 11) is 1.30. The predicted octanol–water partition coefficient (Wildman–Crippen LogP) is 1.62. The number of rotatable bonds is 8. The maximum absolute atomic E-state index is 11.5. The quantitative estimate of drug-likeness (QED) is 0.532. The van der Waals surface area contributed by atoms with Crippen LogP contribution in [0, 0.1) is 0 Å². The highest BCUT2D eigenvalue weighted by atomic mass is 16.5. The van der Waals surface area contributed by atoms with Crippen molar-refractivity contribution < 1.29 is 23.5 Å². The molecule has 0 saturated carbocycles. The summed E-state index contributed by atoms with van der Waals surface area (Å²) in [5.74, 6) is -0.355. The topological polar surface area (TPSA) is 69.0 Å². The number of nitrogens with zero attached hydrogens (tertiary/aromatic N) is 1. The summed E-state index contributed by atoms with van der Waals surface area (Å²) in [5.41, 5.74) is 0.352. The van der Waals surface area contributed by atoms with Crippen molar-refractivity contribution in [1.29, 1.82) is 0 Å². The van der Waals surface area contributed by atoms with Gasteiger partial charge in [0.25, 0.3) is 0 Å². The number of hydrogen-bond donors (Lipinski definition) is 0. The van der Waals surface area contributed by atoms with Gasteiger partial charge < -0.3 is 13.9 Å². The lowest BCUT2D eigenvalue weighted by molar-refractivity contribution is -0.144. The molecule has 1 heterocycles. The Morgan fingerprint density at radius 3 is 2.85 bits per heavy atom. The van der Waals surface area contributed by atoms with Crippen LogP contribution in [0.25, 0.3) is 0 Å². The van der Waals surface area contributed by atoms with E-state index in [4.69, 9.17) is 9.15 Å². The van der Waals surface area contributed by atoms with Gasteiger partial charge >= 0.3 is 11.9 Å². The molecule has 6 heteroatoms. The highest BCUT2D eigenvalue weighted by Gasteiger charge is 2.19. The maximum atomic E-state index is 11.5. The average Bonchev–Trinajstić information content (AvgIpc) is 2.86. The van der Waals surface area contributed by atoms with Crippen molar-refractivity contribution in [3.63, 3.8) is 0 Å². The summed E-state index contributed by atoms with van der Waals surface area (Å²) >= 11 is 0. The molecule has 0 atom stereocenters. The molecule has 6 nitrogen and oxygen atoms in total. The van der Waals surface area contributed by atoms with E-state index in [1.165, 1.54) is 19.4 Å². The second-order valence-corrected chi connectivity index (χ2v) is 4.01. The first-order chi connectivity index (χ1) is 9.62. The van der Waals surface area contributed by atoms with Gasteiger partial charge in [0.2, 0.25) is 0 Å². The normalized spacial score (nSPS) is 10.3. The van der Waals surface area contributed by atoms with Crippen LogP contribution in [0.5, 0.6) is 0 Å². The summed E-state index contributed by atoms with van der Waals surface area (Å²) in [6.07, 6.45) is 3.08. The number of hydrogen-bond acceptors (Lipinski definition) is 6. The molecule has 0 fully saturated rings. The predicted molar refractivity (Wildman–Crippen MR) is 72.2 cm³/mol. The highest BCUT2D eigenvalue weighted by Crippen LogP contribution is 2.14. The minimum absolute atomic E-state index is 0.0984. The Hall–Kier alpha value is -2.08. The fourth-order valence-electron chi connectivity index (χ4n) is 1.71. The first-order valence-corrected chi connectivity index (χ1v) is 6.25. The largest absolute Gasteiger partial charge is 0.467 e. The van der Waals surface area contributed by atoms with Crippen LogP contribution in [0.1, 0.15) is 23.0 Å². The van der Waals surface area contributed by atoms with E-state index < -0.39 is 5.97 Å². The van der Waals surface area contributed by atoms with Gasteiger partial charge in [-0.2, -0.15) is 0 Å². The van der Waals surface area contributed by atoms with Crippen LogP contribution in [0.3, 0.4) is 0 Å². The summed E-state index contributed by atoms with van der Waals surface area (Å²) < 4.78 is 14.8. The standard InChI is InChI=1S/C14H19NO5/c1-4-7-15(10-13(16)19-5-2)9-12-11(6-8-20-12)14(17)18-3/h4,6,8H,1,5,7,9-10H2,2-3H3. The van der Waals surface area contributed by atoms with E-state index in [0.717, 1.165) is 0 Å². The van der Waals surface area contributed by atoms with Crippen molar-refractivity contribution in [3.8, 4) is 0 Å². The smallest absolute Gasteiger partial charge is 0.341 e. The number of furan rings is 1. The molecular weight excluding hydrogens is 262 g/mol. The summed E-state index contributed by atoms with van der Waals surface area (Å²) in [6.45, 7) is 6.58. The van der Waals surface area contributed by atoms with Crippen molar-refractivity contribution in [2.24, 2.45) is 0 Å². The molecular formula is C14H19NO5. The molecule has 0 spiro atoms. The first-order valence-electron chi connectivity index (χ1n) is 6.25. The Balaban J connectivity index is 2.75. The van der Waals surface area contributed by atoms with Gasteiger partial charge in [0.15, 0.2) is 0 Å². The fraction of sp³-hybridized carbons (Fsp3) is 0.429. The number of methoxy groups -OCH3 is 1. The van der Waals surface area contributed by atoms with Gasteiger partial charge in [-0.25, -0.2) is 4.79 Å². The molecule has 1 rings (SSSR count). The van der Waals surface area contributed by atoms with Gasteiger partial charge in [0.05, 0.1) is 33.1 Å². The van der Waals surface area contributed by atoms with Crippen LogP contribution in [0.15, 0.2) is 29.4 Å². The molecule has 0 aliphatic heterocycles. The molecule has 1 aromatic rings. The van der Waals surface area contributed by atoms with E-state index >= 15 is 0 Å². The highest BCUT2D eigenvalue weighted by molar-refractivity contribution is 5.90. The number of carbonyl (C=O) groups excluding carboxylic acids is 2. The molecule has 1 aromatic heterocycles. The Kier molecular flexibility index (Phi) is 6.52. The van der Waals surface area contributed by atoms with Gasteiger partial charge in [0, 0.05) is 6.54 Å². The molecule has 0 aliphatic rings. The third-order valence-corrected chi connectivity index (χ3v) is 2.56. The lowest BCUT2D eigenvalue weighted by Crippen LogP contribution is -2.31. The average molecular weight is 281 g/mol. The van der Waals surface area contributed by atoms with Gasteiger partial charge in [0.1, 0.15) is 11.3 Å². The molecule has 20 heavy (non-hydrogen) atoms. The third kappa shape index (κ3) is 4.55. The van der Waals surface area contributed by atoms with E-state index in [0.29, 0.717) is 31.0 Å². The molecule has 110 valence electrons. The molecule has 0 aliphatic carbocycles. The van der Waals surface area contributed by atoms with Gasteiger partial charge in [-0.05, 0) is 13.0 Å². The van der Waals surface area contributed by atoms with Crippen molar-refractivity contribution >= 4 is 11.9 Å². The molecule has 0 aromatic carbocycles. The lowest BCUT2D eigenvalue weighted by atomic mass is 10.2. The Morgan fingerprint density at radius 2 is 2.25 bits per heavy atom.